The fourth-order valence-corrected chi connectivity index (χ4v) is 6.83. The summed E-state index contributed by atoms with van der Waals surface area (Å²) in [6, 6.07) is 17.6. The Hall–Kier alpha value is -3.82. The molecule has 2 aliphatic heterocycles. The first-order valence-corrected chi connectivity index (χ1v) is 16.4. The van der Waals surface area contributed by atoms with Gasteiger partial charge in [-0.25, -0.2) is 0 Å². The second-order valence-electron chi connectivity index (χ2n) is 13.6. The molecular weight excluding hydrogens is 566 g/mol. The molecule has 2 saturated heterocycles. The maximum absolute atomic E-state index is 13.4. The molecule has 0 radical (unpaired) electrons. The number of carbonyl (C=O) groups is 2. The Balaban J connectivity index is 1.17. The number of likely N-dealkylation sites (tertiary alicyclic amines) is 2. The molecule has 1 aromatic heterocycles. The quantitative estimate of drug-likeness (QED) is 0.321. The van der Waals surface area contributed by atoms with Crippen molar-refractivity contribution in [1.82, 2.24) is 25.3 Å². The van der Waals surface area contributed by atoms with Crippen LogP contribution in [0.25, 0.3) is 11.3 Å². The van der Waals surface area contributed by atoms with Crippen molar-refractivity contribution in [3.05, 3.63) is 71.4 Å². The van der Waals surface area contributed by atoms with Gasteiger partial charge in [-0.1, -0.05) is 25.8 Å². The molecule has 9 heteroatoms. The first-order chi connectivity index (χ1) is 21.6. The molecule has 3 aromatic rings. The van der Waals surface area contributed by atoms with Crippen LogP contribution in [0, 0.1) is 5.92 Å². The molecule has 6 rings (SSSR count). The molecule has 45 heavy (non-hydrogen) atoms. The van der Waals surface area contributed by atoms with Crippen LogP contribution in [0.5, 0.6) is 11.5 Å². The molecule has 238 valence electrons. The Morgan fingerprint density at radius 3 is 2.36 bits per heavy atom. The number of benzene rings is 2. The van der Waals surface area contributed by atoms with Gasteiger partial charge >= 0.3 is 0 Å². The van der Waals surface area contributed by atoms with Crippen LogP contribution >= 0.6 is 0 Å². The van der Waals surface area contributed by atoms with E-state index in [0.717, 1.165) is 43.1 Å². The van der Waals surface area contributed by atoms with E-state index in [0.29, 0.717) is 53.9 Å². The highest BCUT2D eigenvalue weighted by molar-refractivity contribution is 5.95. The summed E-state index contributed by atoms with van der Waals surface area (Å²) >= 11 is 0. The van der Waals surface area contributed by atoms with E-state index in [4.69, 9.17) is 4.74 Å². The minimum atomic E-state index is -1.06. The average Bonchev–Trinajstić information content (AvgIpc) is 3.68. The van der Waals surface area contributed by atoms with Gasteiger partial charge in [0.05, 0.1) is 11.4 Å². The monoisotopic (exact) mass is 611 g/mol. The Morgan fingerprint density at radius 1 is 1.00 bits per heavy atom. The van der Waals surface area contributed by atoms with E-state index in [-0.39, 0.29) is 17.9 Å². The van der Waals surface area contributed by atoms with Crippen LogP contribution in [0.4, 0.5) is 0 Å². The Labute approximate surface area is 266 Å². The Bertz CT molecular complexity index is 1490. The number of hydrogen-bond donors (Lipinski definition) is 2. The highest BCUT2D eigenvalue weighted by atomic mass is 16.5. The van der Waals surface area contributed by atoms with Crippen molar-refractivity contribution in [2.24, 2.45) is 5.92 Å². The molecule has 2 amide bonds. The topological polar surface area (TPSA) is 108 Å². The van der Waals surface area contributed by atoms with E-state index in [1.807, 2.05) is 47.4 Å². The van der Waals surface area contributed by atoms with Crippen molar-refractivity contribution in [2.75, 3.05) is 19.6 Å². The van der Waals surface area contributed by atoms with Gasteiger partial charge < -0.3 is 25.0 Å². The lowest BCUT2D eigenvalue weighted by Crippen LogP contribution is -2.47. The number of aliphatic hydroxyl groups is 1. The van der Waals surface area contributed by atoms with Gasteiger partial charge in [0.2, 0.25) is 5.91 Å². The van der Waals surface area contributed by atoms with Crippen molar-refractivity contribution < 1.29 is 19.4 Å². The van der Waals surface area contributed by atoms with E-state index in [1.54, 1.807) is 26.0 Å². The van der Waals surface area contributed by atoms with Crippen molar-refractivity contribution in [1.29, 1.82) is 0 Å². The van der Waals surface area contributed by atoms with Gasteiger partial charge in [0.15, 0.2) is 0 Å². The summed E-state index contributed by atoms with van der Waals surface area (Å²) in [5, 5.41) is 21.9. The third-order valence-electron chi connectivity index (χ3n) is 9.47. The lowest BCUT2D eigenvalue weighted by Gasteiger charge is -2.36. The Morgan fingerprint density at radius 2 is 1.73 bits per heavy atom. The predicted molar refractivity (Wildman–Crippen MR) is 173 cm³/mol. The number of carbonyl (C=O) groups excluding carboxylic acids is 2. The van der Waals surface area contributed by atoms with Crippen molar-refractivity contribution in [3.63, 3.8) is 0 Å². The molecule has 2 aromatic carbocycles. The molecule has 0 spiro atoms. The summed E-state index contributed by atoms with van der Waals surface area (Å²) < 4.78 is 6.39. The van der Waals surface area contributed by atoms with E-state index in [1.165, 1.54) is 25.7 Å². The fraction of sp³-hybridized carbons (Fsp3) is 0.500. The minimum Gasteiger partial charge on any atom is -0.457 e. The number of nitrogens with one attached hydrogen (secondary N) is 1. The second-order valence-corrected chi connectivity index (χ2v) is 13.6. The zero-order valence-electron chi connectivity index (χ0n) is 26.7. The summed E-state index contributed by atoms with van der Waals surface area (Å²) in [5.41, 5.74) is 2.40. The predicted octanol–water partition coefficient (Wildman–Crippen LogP) is 5.67. The largest absolute Gasteiger partial charge is 0.457 e. The van der Waals surface area contributed by atoms with Crippen LogP contribution in [0.2, 0.25) is 0 Å². The number of aromatic nitrogens is 2. The van der Waals surface area contributed by atoms with E-state index < -0.39 is 5.60 Å². The second kappa shape index (κ2) is 13.3. The van der Waals surface area contributed by atoms with Crippen molar-refractivity contribution in [2.45, 2.75) is 89.9 Å². The van der Waals surface area contributed by atoms with Crippen LogP contribution in [0.1, 0.15) is 87.3 Å². The highest BCUT2D eigenvalue weighted by Gasteiger charge is 2.29. The van der Waals surface area contributed by atoms with Crippen LogP contribution in [0.3, 0.4) is 0 Å². The van der Waals surface area contributed by atoms with Gasteiger partial charge in [-0.3, -0.25) is 9.59 Å². The maximum Gasteiger partial charge on any atom is 0.251 e. The van der Waals surface area contributed by atoms with Gasteiger partial charge in [0.25, 0.3) is 5.91 Å². The summed E-state index contributed by atoms with van der Waals surface area (Å²) in [6.07, 6.45) is 7.78. The normalized spacial score (nSPS) is 20.1. The SMILES string of the molecule is CC1CC(=O)N(Cc2ccc(C(=O)NC3CCN(C4CCCC4)CC3)cc2Oc2ccc(-c3ccc(C(C)(C)O)nn3)cc2)C1. The van der Waals surface area contributed by atoms with E-state index >= 15 is 0 Å². The van der Waals surface area contributed by atoms with Crippen molar-refractivity contribution >= 4 is 11.8 Å². The summed E-state index contributed by atoms with van der Waals surface area (Å²) in [6.45, 7) is 8.66. The average molecular weight is 612 g/mol. The van der Waals surface area contributed by atoms with Crippen LogP contribution in [0.15, 0.2) is 54.6 Å². The van der Waals surface area contributed by atoms with Gasteiger partial charge in [-0.15, -0.1) is 0 Å². The number of hydrogen-bond acceptors (Lipinski definition) is 7. The molecular formula is C36H45N5O4. The lowest BCUT2D eigenvalue weighted by molar-refractivity contribution is -0.128. The van der Waals surface area contributed by atoms with Gasteiger partial charge in [0, 0.05) is 61.4 Å². The van der Waals surface area contributed by atoms with Gasteiger partial charge in [-0.2, -0.15) is 10.2 Å². The van der Waals surface area contributed by atoms with Crippen molar-refractivity contribution in [3.8, 4) is 22.8 Å². The van der Waals surface area contributed by atoms with E-state index in [9.17, 15) is 14.7 Å². The molecule has 3 fully saturated rings. The lowest BCUT2D eigenvalue weighted by atomic mass is 10.0. The third kappa shape index (κ3) is 7.53. The number of rotatable bonds is 9. The van der Waals surface area contributed by atoms with Crippen LogP contribution < -0.4 is 10.1 Å². The highest BCUT2D eigenvalue weighted by Crippen LogP contribution is 2.32. The molecule has 9 nitrogen and oxygen atoms in total. The number of piperidine rings is 1. The van der Waals surface area contributed by atoms with Crippen LogP contribution in [-0.2, 0) is 16.9 Å². The summed E-state index contributed by atoms with van der Waals surface area (Å²) in [5.74, 6) is 1.53. The van der Waals surface area contributed by atoms with Gasteiger partial charge in [0.1, 0.15) is 17.1 Å². The first kappa shape index (κ1) is 31.2. The number of nitrogens with zero attached hydrogens (tertiary/aromatic N) is 4. The molecule has 1 unspecified atom stereocenters. The summed E-state index contributed by atoms with van der Waals surface area (Å²) in [4.78, 5) is 30.5. The standard InChI is InChI=1S/C36H45N5O4/c1-24-20-34(42)41(22-24)23-27-9-8-26(35(43)37-28-16-18-40(19-17-28)29-6-4-5-7-29)21-32(27)45-30-12-10-25(11-13-30)31-14-15-33(39-38-31)36(2,3)44/h8-15,21,24,28-29,44H,4-7,16-20,22-23H2,1-3H3,(H,37,43). The van der Waals surface area contributed by atoms with Gasteiger partial charge in [-0.05, 0) is 94.0 Å². The van der Waals surface area contributed by atoms with Crippen LogP contribution in [-0.4, -0.2) is 68.6 Å². The molecule has 0 bridgehead atoms. The fourth-order valence-electron chi connectivity index (χ4n) is 6.83. The smallest absolute Gasteiger partial charge is 0.251 e. The number of ether oxygens (including phenoxy) is 1. The molecule has 1 saturated carbocycles. The molecule has 1 atom stereocenters. The van der Waals surface area contributed by atoms with E-state index in [2.05, 4.69) is 27.3 Å². The zero-order valence-corrected chi connectivity index (χ0v) is 26.7. The molecule has 3 heterocycles. The molecule has 2 N–H and O–H groups in total. The summed E-state index contributed by atoms with van der Waals surface area (Å²) in [7, 11) is 0. The number of amides is 2. The minimum absolute atomic E-state index is 0.0972. The third-order valence-corrected chi connectivity index (χ3v) is 9.47. The maximum atomic E-state index is 13.4. The first-order valence-electron chi connectivity index (χ1n) is 16.4. The molecule has 3 aliphatic rings. The molecule has 1 aliphatic carbocycles. The Kier molecular flexibility index (Phi) is 9.19. The zero-order chi connectivity index (χ0) is 31.6.